The average molecular weight is 410 g/mol. The molecule has 132 valence electrons. The zero-order valence-corrected chi connectivity index (χ0v) is 15.1. The highest BCUT2D eigenvalue weighted by Gasteiger charge is 2.19. The molecule has 1 aromatic carbocycles. The minimum atomic E-state index is -1.06. The lowest BCUT2D eigenvalue weighted by Gasteiger charge is -2.15. The third-order valence-electron chi connectivity index (χ3n) is 3.26. The standard InChI is InChI=1S/C16H16BrN3O5/c1-9-3-4-12(11(17)7-9)18-15(23)10(2)25-14(22)8-20-6-5-13(21)19-16(20)24/h3-7,10H,8H2,1-2H3,(H,18,23)(H,19,21,24)/t10-/m1/s1. The maximum atomic E-state index is 12.1. The van der Waals surface area contributed by atoms with Gasteiger partial charge in [-0.05, 0) is 47.5 Å². The topological polar surface area (TPSA) is 110 Å². The number of aromatic nitrogens is 2. The Bertz CT molecular complexity index is 918. The average Bonchev–Trinajstić information content (AvgIpc) is 2.52. The molecule has 0 aliphatic rings. The van der Waals surface area contributed by atoms with Crippen LogP contribution in [0.3, 0.4) is 0 Å². The lowest BCUT2D eigenvalue weighted by molar-refractivity contribution is -0.153. The Kier molecular flexibility index (Phi) is 5.92. The number of aryl methyl sites for hydroxylation is 1. The van der Waals surface area contributed by atoms with Crippen LogP contribution in [0.15, 0.2) is 44.5 Å². The molecule has 25 heavy (non-hydrogen) atoms. The summed E-state index contributed by atoms with van der Waals surface area (Å²) in [7, 11) is 0. The van der Waals surface area contributed by atoms with Crippen molar-refractivity contribution in [3.63, 3.8) is 0 Å². The molecule has 8 nitrogen and oxygen atoms in total. The zero-order valence-electron chi connectivity index (χ0n) is 13.5. The molecular weight excluding hydrogens is 394 g/mol. The number of amides is 1. The minimum Gasteiger partial charge on any atom is -0.451 e. The number of nitrogens with zero attached hydrogens (tertiary/aromatic N) is 1. The van der Waals surface area contributed by atoms with E-state index in [2.05, 4.69) is 21.2 Å². The van der Waals surface area contributed by atoms with Gasteiger partial charge in [0.1, 0.15) is 6.54 Å². The molecule has 0 radical (unpaired) electrons. The summed E-state index contributed by atoms with van der Waals surface area (Å²) in [5, 5.41) is 2.65. The van der Waals surface area contributed by atoms with Gasteiger partial charge in [0, 0.05) is 16.7 Å². The number of halogens is 1. The van der Waals surface area contributed by atoms with Gasteiger partial charge in [0.2, 0.25) is 0 Å². The van der Waals surface area contributed by atoms with E-state index in [1.165, 1.54) is 13.1 Å². The SMILES string of the molecule is Cc1ccc(NC(=O)[C@@H](C)OC(=O)Cn2ccc(=O)[nH]c2=O)c(Br)c1. The first-order valence-electron chi connectivity index (χ1n) is 7.32. The van der Waals surface area contributed by atoms with Crippen LogP contribution >= 0.6 is 15.9 Å². The highest BCUT2D eigenvalue weighted by Crippen LogP contribution is 2.23. The summed E-state index contributed by atoms with van der Waals surface area (Å²) in [6, 6.07) is 6.51. The Morgan fingerprint density at radius 3 is 2.68 bits per heavy atom. The summed E-state index contributed by atoms with van der Waals surface area (Å²) in [4.78, 5) is 48.5. The molecular formula is C16H16BrN3O5. The second-order valence-corrected chi connectivity index (χ2v) is 6.20. The fourth-order valence-corrected chi connectivity index (χ4v) is 2.54. The van der Waals surface area contributed by atoms with Crippen molar-refractivity contribution < 1.29 is 14.3 Å². The number of anilines is 1. The Morgan fingerprint density at radius 2 is 2.04 bits per heavy atom. The predicted molar refractivity (Wildman–Crippen MR) is 94.4 cm³/mol. The van der Waals surface area contributed by atoms with Crippen LogP contribution in [0.1, 0.15) is 12.5 Å². The summed E-state index contributed by atoms with van der Waals surface area (Å²) >= 11 is 3.34. The van der Waals surface area contributed by atoms with E-state index in [-0.39, 0.29) is 0 Å². The highest BCUT2D eigenvalue weighted by atomic mass is 79.9. The van der Waals surface area contributed by atoms with Crippen molar-refractivity contribution >= 4 is 33.5 Å². The van der Waals surface area contributed by atoms with Crippen LogP contribution in [-0.4, -0.2) is 27.5 Å². The quantitative estimate of drug-likeness (QED) is 0.720. The van der Waals surface area contributed by atoms with Crippen molar-refractivity contribution in [2.45, 2.75) is 26.5 Å². The first kappa shape index (κ1) is 18.7. The van der Waals surface area contributed by atoms with Gasteiger partial charge in [-0.1, -0.05) is 6.07 Å². The van der Waals surface area contributed by atoms with Gasteiger partial charge < -0.3 is 10.1 Å². The van der Waals surface area contributed by atoms with Crippen LogP contribution in [0.2, 0.25) is 0 Å². The Morgan fingerprint density at radius 1 is 1.32 bits per heavy atom. The van der Waals surface area contributed by atoms with Crippen molar-refractivity contribution in [3.8, 4) is 0 Å². The van der Waals surface area contributed by atoms with E-state index in [4.69, 9.17) is 4.74 Å². The molecule has 0 saturated heterocycles. The molecule has 0 aliphatic carbocycles. The fourth-order valence-electron chi connectivity index (χ4n) is 1.95. The molecule has 0 saturated carbocycles. The van der Waals surface area contributed by atoms with Crippen molar-refractivity contribution in [2.75, 3.05) is 5.32 Å². The lowest BCUT2D eigenvalue weighted by Crippen LogP contribution is -2.35. The van der Waals surface area contributed by atoms with Gasteiger partial charge in [-0.3, -0.25) is 23.9 Å². The number of esters is 1. The van der Waals surface area contributed by atoms with E-state index in [0.29, 0.717) is 10.2 Å². The van der Waals surface area contributed by atoms with Crippen LogP contribution in [-0.2, 0) is 20.9 Å². The summed E-state index contributed by atoms with van der Waals surface area (Å²) in [5.74, 6) is -1.29. The van der Waals surface area contributed by atoms with E-state index in [1.54, 1.807) is 6.07 Å². The molecule has 1 atom stereocenters. The number of rotatable bonds is 5. The lowest BCUT2D eigenvalue weighted by atomic mass is 10.2. The molecule has 2 rings (SSSR count). The van der Waals surface area contributed by atoms with E-state index in [0.717, 1.165) is 16.2 Å². The number of hydrogen-bond acceptors (Lipinski definition) is 5. The molecule has 2 N–H and O–H groups in total. The van der Waals surface area contributed by atoms with E-state index < -0.39 is 35.8 Å². The van der Waals surface area contributed by atoms with E-state index in [9.17, 15) is 19.2 Å². The normalized spacial score (nSPS) is 11.6. The molecule has 0 spiro atoms. The molecule has 0 fully saturated rings. The number of H-pyrrole nitrogens is 1. The van der Waals surface area contributed by atoms with Crippen molar-refractivity contribution in [1.82, 2.24) is 9.55 Å². The maximum Gasteiger partial charge on any atom is 0.328 e. The van der Waals surface area contributed by atoms with E-state index in [1.807, 2.05) is 24.0 Å². The number of nitrogens with one attached hydrogen (secondary N) is 2. The summed E-state index contributed by atoms with van der Waals surface area (Å²) in [6.07, 6.45) is 0.121. The molecule has 0 unspecified atom stereocenters. The number of carbonyl (C=O) groups is 2. The van der Waals surface area contributed by atoms with Gasteiger partial charge in [0.25, 0.3) is 11.5 Å². The van der Waals surface area contributed by atoms with Gasteiger partial charge in [-0.15, -0.1) is 0 Å². The van der Waals surface area contributed by atoms with Crippen molar-refractivity contribution in [1.29, 1.82) is 0 Å². The number of hydrogen-bond donors (Lipinski definition) is 2. The molecule has 2 aromatic rings. The van der Waals surface area contributed by atoms with Crippen LogP contribution in [0.25, 0.3) is 0 Å². The second-order valence-electron chi connectivity index (χ2n) is 5.34. The molecule has 0 bridgehead atoms. The minimum absolute atomic E-state index is 0.415. The Balaban J connectivity index is 1.97. The van der Waals surface area contributed by atoms with Crippen LogP contribution in [0.5, 0.6) is 0 Å². The van der Waals surface area contributed by atoms with Gasteiger partial charge in [-0.2, -0.15) is 0 Å². The first-order chi connectivity index (χ1) is 11.8. The molecule has 9 heteroatoms. The zero-order chi connectivity index (χ0) is 18.6. The smallest absolute Gasteiger partial charge is 0.328 e. The second kappa shape index (κ2) is 7.93. The summed E-state index contributed by atoms with van der Waals surface area (Å²) in [5.41, 5.74) is 0.280. The Hall–Kier alpha value is -2.68. The molecule has 0 aliphatic heterocycles. The third kappa shape index (κ3) is 5.15. The van der Waals surface area contributed by atoms with Gasteiger partial charge in [-0.25, -0.2) is 4.79 Å². The number of benzene rings is 1. The third-order valence-corrected chi connectivity index (χ3v) is 3.91. The molecule has 1 heterocycles. The number of ether oxygens (including phenoxy) is 1. The number of carbonyl (C=O) groups excluding carboxylic acids is 2. The first-order valence-corrected chi connectivity index (χ1v) is 8.12. The van der Waals surface area contributed by atoms with E-state index >= 15 is 0 Å². The predicted octanol–water partition coefficient (Wildman–Crippen LogP) is 1.18. The van der Waals surface area contributed by atoms with Gasteiger partial charge >= 0.3 is 11.7 Å². The Labute approximate surface area is 151 Å². The summed E-state index contributed by atoms with van der Waals surface area (Å²) < 4.78 is 6.70. The molecule has 1 amide bonds. The van der Waals surface area contributed by atoms with Crippen molar-refractivity contribution in [2.24, 2.45) is 0 Å². The van der Waals surface area contributed by atoms with Crippen molar-refractivity contribution in [3.05, 3.63) is 61.3 Å². The van der Waals surface area contributed by atoms with Crippen LogP contribution in [0.4, 0.5) is 5.69 Å². The van der Waals surface area contributed by atoms with Gasteiger partial charge in [0.15, 0.2) is 6.10 Å². The number of aromatic amines is 1. The van der Waals surface area contributed by atoms with Gasteiger partial charge in [0.05, 0.1) is 5.69 Å². The summed E-state index contributed by atoms with van der Waals surface area (Å²) in [6.45, 7) is 2.92. The maximum absolute atomic E-state index is 12.1. The monoisotopic (exact) mass is 409 g/mol. The van der Waals surface area contributed by atoms with Crippen LogP contribution in [0, 0.1) is 6.92 Å². The fraction of sp³-hybridized carbons (Fsp3) is 0.250. The molecule has 1 aromatic heterocycles. The highest BCUT2D eigenvalue weighted by molar-refractivity contribution is 9.10. The van der Waals surface area contributed by atoms with Crippen LogP contribution < -0.4 is 16.6 Å². The largest absolute Gasteiger partial charge is 0.451 e.